The summed E-state index contributed by atoms with van der Waals surface area (Å²) in [6, 6.07) is 4.63. The molecule has 96 valence electrons. The third kappa shape index (κ3) is 3.14. The smallest absolute Gasteiger partial charge is 0.187 e. The van der Waals surface area contributed by atoms with Gasteiger partial charge in [0.2, 0.25) is 0 Å². The standard InChI is InChI=1S/C11H16O4S2/c1-11(2,3)8-6-5-7-9(16(12)13)10(8)17(4,14)15/h5-7H,1-4H3,(H,12,13). The highest BCUT2D eigenvalue weighted by Gasteiger charge is 2.27. The van der Waals surface area contributed by atoms with Gasteiger partial charge in [0.25, 0.3) is 0 Å². The molecule has 0 aliphatic carbocycles. The summed E-state index contributed by atoms with van der Waals surface area (Å²) < 4.78 is 43.9. The van der Waals surface area contributed by atoms with Gasteiger partial charge in [-0.1, -0.05) is 32.9 Å². The molecule has 0 fully saturated rings. The molecule has 1 N–H and O–H groups in total. The van der Waals surface area contributed by atoms with Crippen LogP contribution in [-0.4, -0.2) is 23.4 Å². The van der Waals surface area contributed by atoms with Crippen molar-refractivity contribution < 1.29 is 17.2 Å². The molecule has 0 aliphatic heterocycles. The molecule has 0 heterocycles. The largest absolute Gasteiger partial charge is 0.302 e. The van der Waals surface area contributed by atoms with Crippen LogP contribution in [0.15, 0.2) is 28.0 Å². The SMILES string of the molecule is CC(C)(C)c1cccc(S(=O)O)c1S(C)(=O)=O. The molecule has 0 saturated heterocycles. The van der Waals surface area contributed by atoms with Gasteiger partial charge >= 0.3 is 0 Å². The lowest BCUT2D eigenvalue weighted by Crippen LogP contribution is -2.18. The Morgan fingerprint density at radius 2 is 1.76 bits per heavy atom. The van der Waals surface area contributed by atoms with Crippen molar-refractivity contribution in [2.75, 3.05) is 6.26 Å². The fourth-order valence-corrected chi connectivity index (χ4v) is 3.97. The Morgan fingerprint density at radius 1 is 1.24 bits per heavy atom. The van der Waals surface area contributed by atoms with Crippen LogP contribution in [0.25, 0.3) is 0 Å². The summed E-state index contributed by atoms with van der Waals surface area (Å²) in [6.07, 6.45) is 1.05. The minimum absolute atomic E-state index is 0.0340. The first-order valence-corrected chi connectivity index (χ1v) is 7.99. The van der Waals surface area contributed by atoms with Crippen LogP contribution in [0.1, 0.15) is 26.3 Å². The average Bonchev–Trinajstić information content (AvgIpc) is 2.13. The average molecular weight is 276 g/mol. The number of sulfone groups is 1. The van der Waals surface area contributed by atoms with Crippen LogP contribution in [0.4, 0.5) is 0 Å². The Balaban J connectivity index is 3.77. The first-order valence-electron chi connectivity index (χ1n) is 4.99. The van der Waals surface area contributed by atoms with Crippen LogP contribution in [0.2, 0.25) is 0 Å². The minimum atomic E-state index is -3.55. The molecule has 0 saturated carbocycles. The lowest BCUT2D eigenvalue weighted by Gasteiger charge is -2.23. The molecule has 1 rings (SSSR count). The molecule has 0 bridgehead atoms. The third-order valence-electron chi connectivity index (χ3n) is 2.35. The molecule has 1 atom stereocenters. The van der Waals surface area contributed by atoms with Crippen molar-refractivity contribution in [2.45, 2.75) is 36.0 Å². The maximum absolute atomic E-state index is 11.8. The highest BCUT2D eigenvalue weighted by Crippen LogP contribution is 2.32. The molecule has 0 amide bonds. The molecule has 17 heavy (non-hydrogen) atoms. The molecule has 0 radical (unpaired) electrons. The molecule has 0 spiro atoms. The summed E-state index contributed by atoms with van der Waals surface area (Å²) in [5.74, 6) is 0. The van der Waals surface area contributed by atoms with Crippen LogP contribution < -0.4 is 0 Å². The predicted molar refractivity (Wildman–Crippen MR) is 67.3 cm³/mol. The van der Waals surface area contributed by atoms with E-state index in [0.717, 1.165) is 6.26 Å². The van der Waals surface area contributed by atoms with Gasteiger partial charge in [0.05, 0.1) is 9.79 Å². The van der Waals surface area contributed by atoms with E-state index in [1.54, 1.807) is 12.1 Å². The zero-order valence-electron chi connectivity index (χ0n) is 10.2. The van der Waals surface area contributed by atoms with Crippen molar-refractivity contribution in [2.24, 2.45) is 0 Å². The van der Waals surface area contributed by atoms with Crippen molar-refractivity contribution >= 4 is 20.9 Å². The van der Waals surface area contributed by atoms with E-state index in [1.807, 2.05) is 20.8 Å². The Hall–Kier alpha value is -0.720. The zero-order chi connectivity index (χ0) is 13.4. The molecule has 1 aromatic rings. The number of rotatable bonds is 2. The van der Waals surface area contributed by atoms with Gasteiger partial charge in [0.15, 0.2) is 20.9 Å². The Labute approximate surface area is 104 Å². The highest BCUT2D eigenvalue weighted by atomic mass is 32.2. The summed E-state index contributed by atoms with van der Waals surface area (Å²) in [6.45, 7) is 5.59. The molecular formula is C11H16O4S2. The van der Waals surface area contributed by atoms with E-state index in [0.29, 0.717) is 5.56 Å². The normalized spacial score (nSPS) is 14.6. The van der Waals surface area contributed by atoms with Crippen LogP contribution >= 0.6 is 0 Å². The topological polar surface area (TPSA) is 71.4 Å². The maximum atomic E-state index is 11.8. The van der Waals surface area contributed by atoms with Gasteiger partial charge in [-0.15, -0.1) is 0 Å². The van der Waals surface area contributed by atoms with Gasteiger partial charge in [-0.2, -0.15) is 0 Å². The summed E-state index contributed by atoms with van der Waals surface area (Å²) in [5.41, 5.74) is 0.147. The lowest BCUT2D eigenvalue weighted by molar-refractivity contribution is 0.543. The van der Waals surface area contributed by atoms with Crippen LogP contribution in [-0.2, 0) is 26.3 Å². The van der Waals surface area contributed by atoms with E-state index >= 15 is 0 Å². The van der Waals surface area contributed by atoms with E-state index < -0.39 is 26.3 Å². The molecule has 6 heteroatoms. The van der Waals surface area contributed by atoms with Crippen molar-refractivity contribution in [3.05, 3.63) is 23.8 Å². The van der Waals surface area contributed by atoms with Gasteiger partial charge in [-0.3, -0.25) is 0 Å². The molecule has 0 aliphatic rings. The van der Waals surface area contributed by atoms with Crippen LogP contribution in [0, 0.1) is 0 Å². The minimum Gasteiger partial charge on any atom is -0.302 e. The van der Waals surface area contributed by atoms with Crippen LogP contribution in [0.3, 0.4) is 0 Å². The van der Waals surface area contributed by atoms with Crippen molar-refractivity contribution in [3.63, 3.8) is 0 Å². The summed E-state index contributed by atoms with van der Waals surface area (Å²) in [4.78, 5) is -0.0896. The highest BCUT2D eigenvalue weighted by molar-refractivity contribution is 7.91. The quantitative estimate of drug-likeness (QED) is 0.838. The molecule has 0 aromatic heterocycles. The van der Waals surface area contributed by atoms with E-state index in [-0.39, 0.29) is 9.79 Å². The Bertz CT molecular complexity index is 553. The van der Waals surface area contributed by atoms with Gasteiger partial charge in [-0.05, 0) is 17.0 Å². The number of benzene rings is 1. The fourth-order valence-electron chi connectivity index (χ4n) is 1.63. The monoisotopic (exact) mass is 276 g/mol. The third-order valence-corrected chi connectivity index (χ3v) is 4.37. The summed E-state index contributed by atoms with van der Waals surface area (Å²) in [7, 11) is -3.55. The summed E-state index contributed by atoms with van der Waals surface area (Å²) >= 11 is -2.31. The predicted octanol–water partition coefficient (Wildman–Crippen LogP) is 1.97. The number of hydrogen-bond acceptors (Lipinski definition) is 3. The van der Waals surface area contributed by atoms with E-state index in [2.05, 4.69) is 0 Å². The van der Waals surface area contributed by atoms with Crippen molar-refractivity contribution in [1.29, 1.82) is 0 Å². The fraction of sp³-hybridized carbons (Fsp3) is 0.455. The second-order valence-electron chi connectivity index (χ2n) is 4.90. The maximum Gasteiger partial charge on any atom is 0.187 e. The Kier molecular flexibility index (Phi) is 3.81. The van der Waals surface area contributed by atoms with Gasteiger partial charge < -0.3 is 4.55 Å². The first kappa shape index (κ1) is 14.3. The van der Waals surface area contributed by atoms with E-state index in [9.17, 15) is 12.6 Å². The molecule has 1 unspecified atom stereocenters. The molecule has 1 aromatic carbocycles. The van der Waals surface area contributed by atoms with Gasteiger partial charge in [0, 0.05) is 6.26 Å². The molecule has 4 nitrogen and oxygen atoms in total. The van der Waals surface area contributed by atoms with Crippen molar-refractivity contribution in [3.8, 4) is 0 Å². The first-order chi connectivity index (χ1) is 7.55. The molecular weight excluding hydrogens is 260 g/mol. The second kappa shape index (κ2) is 4.51. The van der Waals surface area contributed by atoms with Gasteiger partial charge in [-0.25, -0.2) is 12.6 Å². The zero-order valence-corrected chi connectivity index (χ0v) is 11.9. The van der Waals surface area contributed by atoms with Crippen LogP contribution in [0.5, 0.6) is 0 Å². The summed E-state index contributed by atoms with van der Waals surface area (Å²) in [5, 5.41) is 0. The van der Waals surface area contributed by atoms with E-state index in [1.165, 1.54) is 6.07 Å². The Morgan fingerprint density at radius 3 is 2.12 bits per heavy atom. The van der Waals surface area contributed by atoms with Crippen molar-refractivity contribution in [1.82, 2.24) is 0 Å². The number of hydrogen-bond donors (Lipinski definition) is 1. The van der Waals surface area contributed by atoms with E-state index in [4.69, 9.17) is 4.55 Å². The van der Waals surface area contributed by atoms with Gasteiger partial charge in [0.1, 0.15) is 0 Å². The second-order valence-corrected chi connectivity index (χ2v) is 7.79. The lowest BCUT2D eigenvalue weighted by atomic mass is 9.87.